The fourth-order valence-electron chi connectivity index (χ4n) is 3.72. The molecule has 6 nitrogen and oxygen atoms in total. The molecule has 3 aromatic rings. The summed E-state index contributed by atoms with van der Waals surface area (Å²) in [6.45, 7) is 3.30. The molecule has 2 N–H and O–H groups in total. The molecule has 0 atom stereocenters. The first kappa shape index (κ1) is 19.5. The van der Waals surface area contributed by atoms with Crippen LogP contribution in [-0.4, -0.2) is 36.0 Å². The molecule has 1 aromatic heterocycles. The highest BCUT2D eigenvalue weighted by Gasteiger charge is 2.24. The molecule has 2 heterocycles. The number of aryl methyl sites for hydroxylation is 1. The second-order valence-corrected chi connectivity index (χ2v) is 7.69. The zero-order valence-corrected chi connectivity index (χ0v) is 17.1. The topological polar surface area (TPSA) is 74.4 Å². The van der Waals surface area contributed by atoms with E-state index in [1.165, 1.54) is 0 Å². The zero-order chi connectivity index (χ0) is 20.5. The van der Waals surface area contributed by atoms with Gasteiger partial charge in [-0.3, -0.25) is 14.5 Å². The van der Waals surface area contributed by atoms with Gasteiger partial charge in [0.05, 0.1) is 29.6 Å². The highest BCUT2D eigenvalue weighted by Crippen LogP contribution is 2.30. The van der Waals surface area contributed by atoms with E-state index >= 15 is 0 Å². The number of amides is 1. The molecule has 0 unspecified atom stereocenters. The van der Waals surface area contributed by atoms with Crippen LogP contribution < -0.4 is 15.5 Å². The smallest absolute Gasteiger partial charge is 0.238 e. The molecule has 150 valence electrons. The molecule has 1 aliphatic rings. The van der Waals surface area contributed by atoms with Gasteiger partial charge in [-0.05, 0) is 31.2 Å². The van der Waals surface area contributed by atoms with Crippen molar-refractivity contribution in [3.8, 4) is 5.75 Å². The number of nitrogens with one attached hydrogen (secondary N) is 2. The number of benzene rings is 2. The van der Waals surface area contributed by atoms with Gasteiger partial charge in [-0.2, -0.15) is 0 Å². The lowest BCUT2D eigenvalue weighted by Crippen LogP contribution is -2.39. The molecule has 1 amide bonds. The number of halogens is 1. The molecule has 0 aliphatic carbocycles. The van der Waals surface area contributed by atoms with Crippen LogP contribution in [0.2, 0.25) is 5.02 Å². The molecule has 0 fully saturated rings. The van der Waals surface area contributed by atoms with Crippen molar-refractivity contribution in [1.29, 1.82) is 0 Å². The van der Waals surface area contributed by atoms with E-state index in [0.29, 0.717) is 46.7 Å². The normalized spacial score (nSPS) is 13.9. The number of fused-ring (bicyclic) bond motifs is 2. The number of hydrogen-bond donors (Lipinski definition) is 2. The van der Waals surface area contributed by atoms with E-state index in [1.807, 2.05) is 36.1 Å². The number of nitrogens with zero attached hydrogens (tertiary/aromatic N) is 1. The van der Waals surface area contributed by atoms with Gasteiger partial charge in [-0.25, -0.2) is 0 Å². The first-order valence-electron chi connectivity index (χ1n) is 9.45. The third-order valence-electron chi connectivity index (χ3n) is 5.24. The molecule has 0 saturated carbocycles. The third-order valence-corrected chi connectivity index (χ3v) is 5.55. The summed E-state index contributed by atoms with van der Waals surface area (Å²) in [5, 5.41) is 3.72. The molecule has 0 radical (unpaired) electrons. The average Bonchev–Trinajstić information content (AvgIpc) is 2.70. The Morgan fingerprint density at radius 2 is 2.00 bits per heavy atom. The summed E-state index contributed by atoms with van der Waals surface area (Å²) in [6, 6.07) is 11.1. The molecular weight excluding hydrogens is 390 g/mol. The quantitative estimate of drug-likeness (QED) is 0.689. The highest BCUT2D eigenvalue weighted by atomic mass is 35.5. The van der Waals surface area contributed by atoms with Crippen molar-refractivity contribution in [2.24, 2.45) is 0 Å². The van der Waals surface area contributed by atoms with Crippen LogP contribution in [0.1, 0.15) is 16.8 Å². The van der Waals surface area contributed by atoms with Gasteiger partial charge in [-0.15, -0.1) is 0 Å². The van der Waals surface area contributed by atoms with Crippen molar-refractivity contribution in [1.82, 2.24) is 9.88 Å². The van der Waals surface area contributed by atoms with Crippen molar-refractivity contribution in [3.05, 3.63) is 68.5 Å². The molecule has 1 aliphatic heterocycles. The number of carbonyl (C=O) groups is 1. The SMILES string of the molecule is COc1ccc(Cl)c2c(=O)c3c([nH]c12)CCN(CC(=O)Nc1ccc(C)cc1)C3. The summed E-state index contributed by atoms with van der Waals surface area (Å²) in [4.78, 5) is 30.9. The fraction of sp³-hybridized carbons (Fsp3) is 0.273. The number of hydrogen-bond acceptors (Lipinski definition) is 4. The maximum Gasteiger partial charge on any atom is 0.238 e. The number of aromatic nitrogens is 1. The summed E-state index contributed by atoms with van der Waals surface area (Å²) in [5.41, 5.74) is 3.94. The number of ether oxygens (including phenoxy) is 1. The summed E-state index contributed by atoms with van der Waals surface area (Å²) in [7, 11) is 1.56. The minimum absolute atomic E-state index is 0.103. The van der Waals surface area contributed by atoms with Crippen LogP contribution in [-0.2, 0) is 17.8 Å². The molecule has 0 spiro atoms. The molecule has 4 rings (SSSR count). The standard InChI is InChI=1S/C22H22ClN3O3/c1-13-3-5-14(6-4-13)24-19(27)12-26-10-9-17-15(11-26)22(28)20-16(23)7-8-18(29-2)21(20)25-17/h3-8H,9-12H2,1-2H3,(H,24,27)(H,25,28). The molecule has 0 saturated heterocycles. The minimum atomic E-state index is -0.110. The maximum atomic E-state index is 13.1. The third kappa shape index (κ3) is 3.86. The number of rotatable bonds is 4. The molecule has 0 bridgehead atoms. The van der Waals surface area contributed by atoms with Crippen molar-refractivity contribution >= 4 is 34.1 Å². The van der Waals surface area contributed by atoms with E-state index in [-0.39, 0.29) is 17.9 Å². The van der Waals surface area contributed by atoms with Crippen LogP contribution in [0.5, 0.6) is 5.75 Å². The van der Waals surface area contributed by atoms with Crippen molar-refractivity contribution < 1.29 is 9.53 Å². The van der Waals surface area contributed by atoms with E-state index in [2.05, 4.69) is 10.3 Å². The van der Waals surface area contributed by atoms with Crippen LogP contribution in [0.15, 0.2) is 41.2 Å². The predicted molar refractivity (Wildman–Crippen MR) is 115 cm³/mol. The lowest BCUT2D eigenvalue weighted by Gasteiger charge is -2.28. The van der Waals surface area contributed by atoms with Crippen molar-refractivity contribution in [3.63, 3.8) is 0 Å². The Hall–Kier alpha value is -2.83. The largest absolute Gasteiger partial charge is 0.495 e. The van der Waals surface area contributed by atoms with Crippen LogP contribution in [0.3, 0.4) is 0 Å². The Bertz CT molecular complexity index is 1140. The van der Waals surface area contributed by atoms with Gasteiger partial charge in [0.25, 0.3) is 0 Å². The first-order chi connectivity index (χ1) is 14.0. The van der Waals surface area contributed by atoms with Gasteiger partial charge >= 0.3 is 0 Å². The molecule has 2 aromatic carbocycles. The Kier molecular flexibility index (Phi) is 5.30. The maximum absolute atomic E-state index is 13.1. The Morgan fingerprint density at radius 1 is 1.24 bits per heavy atom. The summed E-state index contributed by atoms with van der Waals surface area (Å²) in [6.07, 6.45) is 0.647. The van der Waals surface area contributed by atoms with Crippen LogP contribution in [0, 0.1) is 6.92 Å². The van der Waals surface area contributed by atoms with E-state index in [4.69, 9.17) is 16.3 Å². The Balaban J connectivity index is 1.56. The van der Waals surface area contributed by atoms with E-state index in [0.717, 1.165) is 16.9 Å². The van der Waals surface area contributed by atoms with Gasteiger partial charge in [0.2, 0.25) is 5.91 Å². The number of carbonyl (C=O) groups excluding carboxylic acids is 1. The van der Waals surface area contributed by atoms with Gasteiger partial charge in [0, 0.05) is 36.5 Å². The van der Waals surface area contributed by atoms with E-state index < -0.39 is 0 Å². The number of anilines is 1. The second kappa shape index (κ2) is 7.89. The summed E-state index contributed by atoms with van der Waals surface area (Å²) in [5.74, 6) is 0.485. The van der Waals surface area contributed by atoms with E-state index in [1.54, 1.807) is 19.2 Å². The lowest BCUT2D eigenvalue weighted by molar-refractivity contribution is -0.117. The Morgan fingerprint density at radius 3 is 2.72 bits per heavy atom. The summed E-state index contributed by atoms with van der Waals surface area (Å²) < 4.78 is 5.37. The molecular formula is C22H22ClN3O3. The zero-order valence-electron chi connectivity index (χ0n) is 16.3. The minimum Gasteiger partial charge on any atom is -0.495 e. The summed E-state index contributed by atoms with van der Waals surface area (Å²) >= 11 is 6.30. The number of pyridine rings is 1. The van der Waals surface area contributed by atoms with Crippen molar-refractivity contribution in [2.45, 2.75) is 19.9 Å². The molecule has 29 heavy (non-hydrogen) atoms. The molecule has 7 heteroatoms. The predicted octanol–water partition coefficient (Wildman–Crippen LogP) is 3.50. The van der Waals surface area contributed by atoms with Crippen LogP contribution in [0.25, 0.3) is 10.9 Å². The number of H-pyrrole nitrogens is 1. The highest BCUT2D eigenvalue weighted by molar-refractivity contribution is 6.35. The monoisotopic (exact) mass is 411 g/mol. The van der Waals surface area contributed by atoms with Gasteiger partial charge in [-0.1, -0.05) is 29.3 Å². The number of aromatic amines is 1. The van der Waals surface area contributed by atoms with Gasteiger partial charge in [0.1, 0.15) is 5.75 Å². The number of methoxy groups -OCH3 is 1. The fourth-order valence-corrected chi connectivity index (χ4v) is 3.96. The van der Waals surface area contributed by atoms with Gasteiger partial charge < -0.3 is 15.0 Å². The lowest BCUT2D eigenvalue weighted by atomic mass is 10.0. The average molecular weight is 412 g/mol. The van der Waals surface area contributed by atoms with Gasteiger partial charge in [0.15, 0.2) is 5.43 Å². The van der Waals surface area contributed by atoms with Crippen LogP contribution >= 0.6 is 11.6 Å². The van der Waals surface area contributed by atoms with E-state index in [9.17, 15) is 9.59 Å². The Labute approximate surface area is 173 Å². The van der Waals surface area contributed by atoms with Crippen LogP contribution in [0.4, 0.5) is 5.69 Å². The van der Waals surface area contributed by atoms with Crippen molar-refractivity contribution in [2.75, 3.05) is 25.5 Å². The first-order valence-corrected chi connectivity index (χ1v) is 9.83. The second-order valence-electron chi connectivity index (χ2n) is 7.29.